The van der Waals surface area contributed by atoms with Gasteiger partial charge in [0.2, 0.25) is 0 Å². The second-order valence-electron chi connectivity index (χ2n) is 4.38. The van der Waals surface area contributed by atoms with Crippen LogP contribution in [0.15, 0.2) is 36.4 Å². The smallest absolute Gasteiger partial charge is 0.131 e. The van der Waals surface area contributed by atoms with Gasteiger partial charge in [-0.3, -0.25) is 0 Å². The molecule has 0 spiro atoms. The van der Waals surface area contributed by atoms with E-state index in [1.54, 1.807) is 24.3 Å². The van der Waals surface area contributed by atoms with Crippen molar-refractivity contribution in [1.29, 1.82) is 0 Å². The molecule has 5 heteroatoms. The number of methoxy groups -OCH3 is 1. The number of halogens is 3. The van der Waals surface area contributed by atoms with Crippen LogP contribution < -0.4 is 10.5 Å². The number of rotatable bonds is 4. The highest BCUT2D eigenvalue weighted by Gasteiger charge is 2.18. The minimum Gasteiger partial charge on any atom is -0.496 e. The molecular formula is C15H14Cl2FNO. The van der Waals surface area contributed by atoms with Gasteiger partial charge in [0, 0.05) is 11.6 Å². The molecule has 0 aromatic heterocycles. The van der Waals surface area contributed by atoms with Crippen LogP contribution in [0.1, 0.15) is 17.2 Å². The number of ether oxygens (including phenoxy) is 1. The van der Waals surface area contributed by atoms with Crippen LogP contribution in [0.2, 0.25) is 10.0 Å². The lowest BCUT2D eigenvalue weighted by Crippen LogP contribution is -2.16. The molecule has 2 N–H and O–H groups in total. The Bertz CT molecular complexity index is 619. The van der Waals surface area contributed by atoms with Gasteiger partial charge in [0.1, 0.15) is 11.6 Å². The van der Waals surface area contributed by atoms with Gasteiger partial charge in [-0.2, -0.15) is 0 Å². The van der Waals surface area contributed by atoms with Crippen LogP contribution in [0, 0.1) is 5.82 Å². The summed E-state index contributed by atoms with van der Waals surface area (Å²) in [5.74, 6) is 0.0330. The molecule has 0 aliphatic carbocycles. The minimum atomic E-state index is -0.567. The fourth-order valence-electron chi connectivity index (χ4n) is 2.10. The topological polar surface area (TPSA) is 35.2 Å². The van der Waals surface area contributed by atoms with Crippen LogP contribution in [0.4, 0.5) is 4.39 Å². The molecule has 2 rings (SSSR count). The Morgan fingerprint density at radius 1 is 1.20 bits per heavy atom. The van der Waals surface area contributed by atoms with E-state index < -0.39 is 11.9 Å². The summed E-state index contributed by atoms with van der Waals surface area (Å²) in [6.45, 7) is 0. The van der Waals surface area contributed by atoms with E-state index in [0.29, 0.717) is 27.8 Å². The van der Waals surface area contributed by atoms with Gasteiger partial charge >= 0.3 is 0 Å². The van der Waals surface area contributed by atoms with Crippen LogP contribution in [-0.2, 0) is 6.42 Å². The van der Waals surface area contributed by atoms with Crippen LogP contribution in [0.25, 0.3) is 0 Å². The van der Waals surface area contributed by atoms with Crippen molar-refractivity contribution in [3.8, 4) is 5.75 Å². The molecule has 0 radical (unpaired) electrons. The van der Waals surface area contributed by atoms with Gasteiger partial charge in [0.05, 0.1) is 17.2 Å². The normalized spacial score (nSPS) is 12.2. The molecule has 0 saturated carbocycles. The second-order valence-corrected chi connectivity index (χ2v) is 5.16. The highest BCUT2D eigenvalue weighted by atomic mass is 35.5. The van der Waals surface area contributed by atoms with Gasteiger partial charge in [-0.05, 0) is 30.2 Å². The maximum atomic E-state index is 14.0. The molecule has 20 heavy (non-hydrogen) atoms. The first-order valence-electron chi connectivity index (χ1n) is 6.05. The largest absolute Gasteiger partial charge is 0.496 e. The van der Waals surface area contributed by atoms with E-state index in [1.165, 1.54) is 13.2 Å². The van der Waals surface area contributed by atoms with E-state index in [2.05, 4.69) is 0 Å². The van der Waals surface area contributed by atoms with Crippen molar-refractivity contribution in [2.45, 2.75) is 12.5 Å². The lowest BCUT2D eigenvalue weighted by Gasteiger charge is -2.17. The predicted octanol–water partition coefficient (Wildman–Crippen LogP) is 4.38. The molecule has 0 saturated heterocycles. The average Bonchev–Trinajstić information content (AvgIpc) is 2.43. The van der Waals surface area contributed by atoms with E-state index in [1.807, 2.05) is 6.07 Å². The molecule has 1 atom stereocenters. The minimum absolute atomic E-state index is 0.339. The molecule has 0 heterocycles. The van der Waals surface area contributed by atoms with E-state index in [0.717, 1.165) is 5.56 Å². The highest BCUT2D eigenvalue weighted by molar-refractivity contribution is 6.42. The molecule has 1 unspecified atom stereocenters. The monoisotopic (exact) mass is 313 g/mol. The summed E-state index contributed by atoms with van der Waals surface area (Å²) in [6, 6.07) is 9.35. The molecule has 0 amide bonds. The molecule has 2 aromatic carbocycles. The second kappa shape index (κ2) is 6.44. The zero-order valence-corrected chi connectivity index (χ0v) is 12.4. The van der Waals surface area contributed by atoms with Gasteiger partial charge < -0.3 is 10.5 Å². The number of benzene rings is 2. The van der Waals surface area contributed by atoms with E-state index in [4.69, 9.17) is 33.7 Å². The third-order valence-electron chi connectivity index (χ3n) is 3.08. The van der Waals surface area contributed by atoms with Gasteiger partial charge in [0.25, 0.3) is 0 Å². The molecular weight excluding hydrogens is 300 g/mol. The molecule has 0 aliphatic rings. The number of hydrogen-bond donors (Lipinski definition) is 1. The van der Waals surface area contributed by atoms with Gasteiger partial charge in [-0.1, -0.05) is 41.4 Å². The third-order valence-corrected chi connectivity index (χ3v) is 3.93. The zero-order chi connectivity index (χ0) is 14.7. The van der Waals surface area contributed by atoms with E-state index in [9.17, 15) is 4.39 Å². The summed E-state index contributed by atoms with van der Waals surface area (Å²) in [4.78, 5) is 0. The van der Waals surface area contributed by atoms with Gasteiger partial charge in [0.15, 0.2) is 0 Å². The molecule has 0 aliphatic heterocycles. The zero-order valence-electron chi connectivity index (χ0n) is 10.9. The Labute approximate surface area is 127 Å². The lowest BCUT2D eigenvalue weighted by molar-refractivity contribution is 0.399. The average molecular weight is 314 g/mol. The van der Waals surface area contributed by atoms with Crippen molar-refractivity contribution in [3.63, 3.8) is 0 Å². The van der Waals surface area contributed by atoms with Crippen LogP contribution in [-0.4, -0.2) is 7.11 Å². The standard InChI is InChI=1S/C15H14Cl2FNO/c1-20-13-7-3-6-11(18)14(13)12(19)8-9-4-2-5-10(16)15(9)17/h2-7,12H,8,19H2,1H3. The lowest BCUT2D eigenvalue weighted by atomic mass is 9.98. The summed E-state index contributed by atoms with van der Waals surface area (Å²) in [6.07, 6.45) is 0.372. The Hall–Kier alpha value is -1.29. The molecule has 0 fully saturated rings. The number of nitrogens with two attached hydrogens (primary N) is 1. The highest BCUT2D eigenvalue weighted by Crippen LogP contribution is 2.32. The quantitative estimate of drug-likeness (QED) is 0.909. The predicted molar refractivity (Wildman–Crippen MR) is 80.0 cm³/mol. The third kappa shape index (κ3) is 3.06. The Kier molecular flexibility index (Phi) is 4.86. The Morgan fingerprint density at radius 3 is 2.60 bits per heavy atom. The molecule has 2 aromatic rings. The summed E-state index contributed by atoms with van der Waals surface area (Å²) < 4.78 is 19.1. The first kappa shape index (κ1) is 15.1. The number of hydrogen-bond acceptors (Lipinski definition) is 2. The summed E-state index contributed by atoms with van der Waals surface area (Å²) in [5.41, 5.74) is 7.22. The van der Waals surface area contributed by atoms with Crippen LogP contribution in [0.5, 0.6) is 5.75 Å². The summed E-state index contributed by atoms with van der Waals surface area (Å²) >= 11 is 12.1. The first-order chi connectivity index (χ1) is 9.54. The molecule has 0 bridgehead atoms. The van der Waals surface area contributed by atoms with E-state index in [-0.39, 0.29) is 0 Å². The summed E-state index contributed by atoms with van der Waals surface area (Å²) in [5, 5.41) is 0.900. The summed E-state index contributed by atoms with van der Waals surface area (Å²) in [7, 11) is 1.48. The van der Waals surface area contributed by atoms with Crippen LogP contribution >= 0.6 is 23.2 Å². The molecule has 2 nitrogen and oxygen atoms in total. The Balaban J connectivity index is 2.33. The maximum Gasteiger partial charge on any atom is 0.131 e. The van der Waals surface area contributed by atoms with Crippen molar-refractivity contribution >= 4 is 23.2 Å². The fourth-order valence-corrected chi connectivity index (χ4v) is 2.50. The van der Waals surface area contributed by atoms with E-state index >= 15 is 0 Å². The van der Waals surface area contributed by atoms with Crippen molar-refractivity contribution in [1.82, 2.24) is 0 Å². The first-order valence-corrected chi connectivity index (χ1v) is 6.81. The van der Waals surface area contributed by atoms with Gasteiger partial charge in [-0.15, -0.1) is 0 Å². The molecule has 106 valence electrons. The van der Waals surface area contributed by atoms with Crippen LogP contribution in [0.3, 0.4) is 0 Å². The van der Waals surface area contributed by atoms with Gasteiger partial charge in [-0.25, -0.2) is 4.39 Å². The SMILES string of the molecule is COc1cccc(F)c1C(N)Cc1cccc(Cl)c1Cl. The Morgan fingerprint density at radius 2 is 1.90 bits per heavy atom. The van der Waals surface area contributed by atoms with Crippen molar-refractivity contribution < 1.29 is 9.13 Å². The van der Waals surface area contributed by atoms with Crippen molar-refractivity contribution in [2.75, 3.05) is 7.11 Å². The maximum absolute atomic E-state index is 14.0. The van der Waals surface area contributed by atoms with Crippen molar-refractivity contribution in [3.05, 3.63) is 63.4 Å². The van der Waals surface area contributed by atoms with Crippen molar-refractivity contribution in [2.24, 2.45) is 5.73 Å². The fraction of sp³-hybridized carbons (Fsp3) is 0.200.